The minimum absolute atomic E-state index is 0.00334. The summed E-state index contributed by atoms with van der Waals surface area (Å²) < 4.78 is 45.1. The summed E-state index contributed by atoms with van der Waals surface area (Å²) in [6, 6.07) is 0. The molecule has 5 heterocycles. The Labute approximate surface area is 341 Å². The molecule has 5 aliphatic rings. The van der Waals surface area contributed by atoms with E-state index in [9.17, 15) is 24.6 Å². The summed E-state index contributed by atoms with van der Waals surface area (Å²) in [7, 11) is 1.39. The largest absolute Gasteiger partial charge is 0.469 e. The Bertz CT molecular complexity index is 1450. The quantitative estimate of drug-likeness (QED) is 0.148. The Kier molecular flexibility index (Phi) is 14.5. The minimum atomic E-state index is -1.37. The van der Waals surface area contributed by atoms with Gasteiger partial charge in [0.25, 0.3) is 0 Å². The van der Waals surface area contributed by atoms with Gasteiger partial charge in [-0.25, -0.2) is 0 Å². The van der Waals surface area contributed by atoms with E-state index < -0.39 is 58.9 Å². The smallest absolute Gasteiger partial charge is 0.311 e. The molecule has 0 aromatic carbocycles. The Balaban J connectivity index is 1.36. The Morgan fingerprint density at radius 2 is 1.58 bits per heavy atom. The third kappa shape index (κ3) is 8.94. The standard InChI is InChI=1S/C45H74O12/c1-13-32(41(49)51-12)34-17-16-25(4)39(54-34)29(8)37(47)28(7)38(48)33(14-2)40-26(5)24-27(6)44(55-40)21-19-36(53-31(10)46)45(57-44)23-22-42(11,56-45)35-18-20-43(50,15-3)30(9)52-35/h19,21,25-30,32-37,39-40,47,50H,13-18,20,22-24H2,1-12H3/t25-,26-,27+,28-,29-,30-,32+,33-,34+,35+,36+,37+,39+,40-,42-,43+,44-,45-/m0/s1. The van der Waals surface area contributed by atoms with Crippen molar-refractivity contribution < 1.29 is 57.8 Å². The lowest BCUT2D eigenvalue weighted by molar-refractivity contribution is -0.409. The highest BCUT2D eigenvalue weighted by atomic mass is 16.8. The number of carbonyl (C=O) groups is 3. The van der Waals surface area contributed by atoms with Crippen LogP contribution in [-0.4, -0.2) is 101 Å². The van der Waals surface area contributed by atoms with Crippen LogP contribution in [0.5, 0.6) is 0 Å². The van der Waals surface area contributed by atoms with E-state index in [0.717, 1.165) is 12.8 Å². The number of hydrogen-bond acceptors (Lipinski definition) is 12. The summed E-state index contributed by atoms with van der Waals surface area (Å²) >= 11 is 0. The summed E-state index contributed by atoms with van der Waals surface area (Å²) in [5.41, 5.74) is -1.69. The topological polar surface area (TPSA) is 156 Å². The van der Waals surface area contributed by atoms with Crippen LogP contribution in [0.1, 0.15) is 140 Å². The Hall–Kier alpha value is -1.93. The van der Waals surface area contributed by atoms with Gasteiger partial charge in [0.05, 0.1) is 60.9 Å². The number of carbonyl (C=O) groups excluding carboxylic acids is 3. The fourth-order valence-corrected chi connectivity index (χ4v) is 10.9. The molecule has 0 unspecified atom stereocenters. The highest BCUT2D eigenvalue weighted by Crippen LogP contribution is 2.54. The van der Waals surface area contributed by atoms with Crippen molar-refractivity contribution in [1.82, 2.24) is 0 Å². The van der Waals surface area contributed by atoms with Crippen molar-refractivity contribution >= 4 is 17.7 Å². The third-order valence-corrected chi connectivity index (χ3v) is 14.9. The molecule has 2 N–H and O–H groups in total. The first-order valence-corrected chi connectivity index (χ1v) is 22.0. The first kappa shape index (κ1) is 46.1. The Morgan fingerprint density at radius 1 is 0.895 bits per heavy atom. The maximum Gasteiger partial charge on any atom is 0.311 e. The van der Waals surface area contributed by atoms with Gasteiger partial charge < -0.3 is 43.4 Å². The van der Waals surface area contributed by atoms with Crippen LogP contribution in [0.2, 0.25) is 0 Å². The predicted molar refractivity (Wildman–Crippen MR) is 213 cm³/mol. The molecule has 326 valence electrons. The van der Waals surface area contributed by atoms with Crippen LogP contribution in [0, 0.1) is 41.4 Å². The third-order valence-electron chi connectivity index (χ3n) is 14.9. The van der Waals surface area contributed by atoms with E-state index >= 15 is 0 Å². The number of ether oxygens (including phenoxy) is 7. The fourth-order valence-electron chi connectivity index (χ4n) is 10.9. The van der Waals surface area contributed by atoms with Crippen molar-refractivity contribution in [2.24, 2.45) is 41.4 Å². The summed E-state index contributed by atoms with van der Waals surface area (Å²) in [4.78, 5) is 39.6. The van der Waals surface area contributed by atoms with Crippen molar-refractivity contribution in [1.29, 1.82) is 0 Å². The molecule has 5 aliphatic heterocycles. The van der Waals surface area contributed by atoms with Gasteiger partial charge in [-0.05, 0) is 95.6 Å². The minimum Gasteiger partial charge on any atom is -0.469 e. The van der Waals surface area contributed by atoms with Crippen molar-refractivity contribution in [3.63, 3.8) is 0 Å². The molecule has 12 nitrogen and oxygen atoms in total. The number of ketones is 1. The first-order chi connectivity index (χ1) is 26.7. The molecule has 18 atom stereocenters. The molecule has 4 saturated heterocycles. The number of aliphatic hydroxyl groups excluding tert-OH is 1. The SMILES string of the molecule is CC[C@@H](C(=O)[C@@H](C)[C@@H](O)[C@H](C)[C@@H]1O[C@@H]([C@@H](CC)C(=O)OC)CC[C@@H]1C)[C@H]1O[C@]2(C=C[C@@H](OC(C)=O)[C@]3(CC[C@@](C)([C@H]4CC[C@](O)(CC)[C@H](C)O4)O3)O2)[C@H](C)C[C@@H]1C. The van der Waals surface area contributed by atoms with Gasteiger partial charge in [-0.1, -0.05) is 55.4 Å². The van der Waals surface area contributed by atoms with Crippen LogP contribution >= 0.6 is 0 Å². The molecule has 4 fully saturated rings. The molecule has 12 heteroatoms. The van der Waals surface area contributed by atoms with Crippen LogP contribution in [0.4, 0.5) is 0 Å². The van der Waals surface area contributed by atoms with Gasteiger partial charge in [0.15, 0.2) is 11.9 Å². The molecule has 0 bridgehead atoms. The van der Waals surface area contributed by atoms with Crippen LogP contribution < -0.4 is 0 Å². The number of methoxy groups -OCH3 is 1. The number of rotatable bonds is 13. The molecule has 0 aromatic heterocycles. The Morgan fingerprint density at radius 3 is 2.18 bits per heavy atom. The van der Waals surface area contributed by atoms with Gasteiger partial charge >= 0.3 is 11.9 Å². The molecular formula is C45H74O12. The van der Waals surface area contributed by atoms with Crippen molar-refractivity contribution in [3.05, 3.63) is 12.2 Å². The van der Waals surface area contributed by atoms with Crippen LogP contribution in [0.15, 0.2) is 12.2 Å². The predicted octanol–water partition coefficient (Wildman–Crippen LogP) is 6.85. The maximum absolute atomic E-state index is 14.6. The van der Waals surface area contributed by atoms with Crippen LogP contribution in [0.25, 0.3) is 0 Å². The lowest BCUT2D eigenvalue weighted by Gasteiger charge is -2.54. The van der Waals surface area contributed by atoms with Gasteiger partial charge in [-0.3, -0.25) is 14.4 Å². The molecule has 0 amide bonds. The lowest BCUT2D eigenvalue weighted by Crippen LogP contribution is -2.63. The van der Waals surface area contributed by atoms with Gasteiger partial charge in [0, 0.05) is 37.0 Å². The molecule has 2 spiro atoms. The summed E-state index contributed by atoms with van der Waals surface area (Å²) in [5.74, 6) is -5.47. The number of hydrogen-bond donors (Lipinski definition) is 2. The van der Waals surface area contributed by atoms with Crippen molar-refractivity contribution in [3.8, 4) is 0 Å². The van der Waals surface area contributed by atoms with E-state index in [0.29, 0.717) is 51.4 Å². The van der Waals surface area contributed by atoms with Crippen LogP contribution in [-0.2, 0) is 47.5 Å². The highest BCUT2D eigenvalue weighted by Gasteiger charge is 2.64. The normalized spacial score (nSPS) is 43.6. The zero-order chi connectivity index (χ0) is 42.2. The van der Waals surface area contributed by atoms with E-state index in [1.807, 2.05) is 53.7 Å². The first-order valence-electron chi connectivity index (χ1n) is 22.0. The summed E-state index contributed by atoms with van der Waals surface area (Å²) in [5, 5.41) is 23.0. The van der Waals surface area contributed by atoms with E-state index in [4.69, 9.17) is 33.2 Å². The van der Waals surface area contributed by atoms with Crippen molar-refractivity contribution in [2.75, 3.05) is 7.11 Å². The zero-order valence-corrected chi connectivity index (χ0v) is 36.8. The van der Waals surface area contributed by atoms with E-state index in [-0.39, 0.29) is 65.8 Å². The van der Waals surface area contributed by atoms with Gasteiger partial charge in [-0.15, -0.1) is 0 Å². The fraction of sp³-hybridized carbons (Fsp3) is 0.889. The van der Waals surface area contributed by atoms with E-state index in [1.165, 1.54) is 14.0 Å². The number of Topliss-reactive ketones (excluding diaryl/α,β-unsaturated/α-hetero) is 1. The van der Waals surface area contributed by atoms with Gasteiger partial charge in [0.2, 0.25) is 5.79 Å². The second kappa shape index (κ2) is 18.0. The van der Waals surface area contributed by atoms with Crippen molar-refractivity contribution in [2.45, 2.75) is 206 Å². The second-order valence-electron chi connectivity index (χ2n) is 18.7. The monoisotopic (exact) mass is 807 g/mol. The number of aliphatic hydroxyl groups is 2. The molecule has 0 saturated carbocycles. The molecule has 57 heavy (non-hydrogen) atoms. The molecular weight excluding hydrogens is 732 g/mol. The van der Waals surface area contributed by atoms with Gasteiger partial charge in [0.1, 0.15) is 5.78 Å². The van der Waals surface area contributed by atoms with Crippen LogP contribution in [0.3, 0.4) is 0 Å². The molecule has 0 aromatic rings. The van der Waals surface area contributed by atoms with Gasteiger partial charge in [-0.2, -0.15) is 0 Å². The number of esters is 2. The highest BCUT2D eigenvalue weighted by molar-refractivity contribution is 5.84. The van der Waals surface area contributed by atoms with E-state index in [1.54, 1.807) is 6.92 Å². The average molecular weight is 807 g/mol. The molecule has 0 radical (unpaired) electrons. The average Bonchev–Trinajstić information content (AvgIpc) is 3.52. The maximum atomic E-state index is 14.6. The summed E-state index contributed by atoms with van der Waals surface area (Å²) in [6.07, 6.45) is 6.10. The zero-order valence-electron chi connectivity index (χ0n) is 36.8. The molecule has 0 aliphatic carbocycles. The van der Waals surface area contributed by atoms with E-state index in [2.05, 4.69) is 20.8 Å². The molecule has 5 rings (SSSR count). The lowest BCUT2D eigenvalue weighted by atomic mass is 9.72. The second-order valence-corrected chi connectivity index (χ2v) is 18.7. The summed E-state index contributed by atoms with van der Waals surface area (Å²) in [6.45, 7) is 21.2.